The number of rotatable bonds is 12. The molecule has 228 valence electrons. The average Bonchev–Trinajstić information content (AvgIpc) is 3.40. The van der Waals surface area contributed by atoms with Crippen LogP contribution in [0.2, 0.25) is 0 Å². The van der Waals surface area contributed by atoms with Crippen molar-refractivity contribution in [2.75, 3.05) is 35.5 Å². The quantitative estimate of drug-likeness (QED) is 0.171. The van der Waals surface area contributed by atoms with Gasteiger partial charge < -0.3 is 38.1 Å². The van der Waals surface area contributed by atoms with Gasteiger partial charge in [0.2, 0.25) is 0 Å². The van der Waals surface area contributed by atoms with Gasteiger partial charge in [0.1, 0.15) is 5.69 Å². The van der Waals surface area contributed by atoms with Crippen LogP contribution in [0.15, 0.2) is 54.6 Å². The maximum Gasteiger partial charge on any atom is 0.355 e. The summed E-state index contributed by atoms with van der Waals surface area (Å²) in [6.07, 6.45) is -0.134. The van der Waals surface area contributed by atoms with Gasteiger partial charge in [0.05, 0.1) is 53.5 Å². The first-order chi connectivity index (χ1) is 20.6. The summed E-state index contributed by atoms with van der Waals surface area (Å²) in [4.78, 5) is 16.7. The number of H-pyrrole nitrogens is 1. The van der Waals surface area contributed by atoms with E-state index in [-0.39, 0.29) is 17.9 Å². The van der Waals surface area contributed by atoms with Gasteiger partial charge in [-0.25, -0.2) is 4.79 Å². The molecule has 0 atom stereocenters. The Hall–Kier alpha value is -4.79. The Morgan fingerprint density at radius 3 is 1.56 bits per heavy atom. The van der Waals surface area contributed by atoms with Crippen molar-refractivity contribution >= 4 is 5.97 Å². The minimum Gasteiger partial charge on any atom is -0.493 e. The zero-order valence-electron chi connectivity index (χ0n) is 26.1. The number of nitrogens with one attached hydrogen (secondary N) is 1. The molecule has 43 heavy (non-hydrogen) atoms. The Kier molecular flexibility index (Phi) is 9.75. The third-order valence-electron chi connectivity index (χ3n) is 6.69. The number of carbonyl (C=O) groups is 1. The van der Waals surface area contributed by atoms with Crippen molar-refractivity contribution in [3.05, 3.63) is 60.3 Å². The summed E-state index contributed by atoms with van der Waals surface area (Å²) in [6.45, 7) is 7.81. The molecule has 4 aromatic rings. The van der Waals surface area contributed by atoms with Gasteiger partial charge in [-0.2, -0.15) is 0 Å². The first kappa shape index (κ1) is 31.2. The molecule has 0 saturated carbocycles. The number of hydrogen-bond donors (Lipinski definition) is 1. The highest BCUT2D eigenvalue weighted by atomic mass is 16.5. The van der Waals surface area contributed by atoms with Crippen molar-refractivity contribution in [2.45, 2.75) is 39.9 Å². The average molecular weight is 590 g/mol. The summed E-state index contributed by atoms with van der Waals surface area (Å²) in [5, 5.41) is 0. The molecule has 9 heteroatoms. The number of methoxy groups -OCH3 is 5. The third-order valence-corrected chi connectivity index (χ3v) is 6.69. The van der Waals surface area contributed by atoms with E-state index in [0.29, 0.717) is 51.3 Å². The monoisotopic (exact) mass is 589 g/mol. The number of esters is 1. The second-order valence-electron chi connectivity index (χ2n) is 10.3. The molecule has 1 aromatic heterocycles. The van der Waals surface area contributed by atoms with E-state index < -0.39 is 5.97 Å². The Labute approximate surface area is 252 Å². The lowest BCUT2D eigenvalue weighted by Crippen LogP contribution is -2.07. The molecule has 0 saturated heterocycles. The molecule has 0 fully saturated rings. The molecule has 0 aliphatic rings. The van der Waals surface area contributed by atoms with Crippen LogP contribution in [0, 0.1) is 0 Å². The molecule has 1 heterocycles. The maximum absolute atomic E-state index is 13.3. The van der Waals surface area contributed by atoms with E-state index in [2.05, 4.69) is 4.98 Å². The molecule has 1 N–H and O–H groups in total. The van der Waals surface area contributed by atoms with Gasteiger partial charge in [-0.05, 0) is 81.3 Å². The maximum atomic E-state index is 13.3. The van der Waals surface area contributed by atoms with Gasteiger partial charge in [-0.1, -0.05) is 12.1 Å². The lowest BCUT2D eigenvalue weighted by atomic mass is 9.92. The Morgan fingerprint density at radius 1 is 0.558 bits per heavy atom. The zero-order chi connectivity index (χ0) is 31.3. The number of aromatic nitrogens is 1. The molecule has 0 unspecified atom stereocenters. The fourth-order valence-corrected chi connectivity index (χ4v) is 4.89. The lowest BCUT2D eigenvalue weighted by molar-refractivity contribution is 0.0596. The van der Waals surface area contributed by atoms with E-state index in [0.717, 1.165) is 16.7 Å². The van der Waals surface area contributed by atoms with Gasteiger partial charge >= 0.3 is 5.97 Å². The smallest absolute Gasteiger partial charge is 0.355 e. The molecule has 0 aliphatic heterocycles. The minimum atomic E-state index is -0.531. The predicted octanol–water partition coefficient (Wildman–Crippen LogP) is 7.41. The number of benzene rings is 3. The van der Waals surface area contributed by atoms with Crippen LogP contribution in [-0.2, 0) is 4.74 Å². The Balaban J connectivity index is 2.10. The number of hydrogen-bond acceptors (Lipinski definition) is 8. The summed E-state index contributed by atoms with van der Waals surface area (Å²) in [5.41, 5.74) is 4.55. The minimum absolute atomic E-state index is 0.0398. The van der Waals surface area contributed by atoms with Crippen LogP contribution < -0.4 is 28.4 Å². The van der Waals surface area contributed by atoms with E-state index in [4.69, 9.17) is 33.2 Å². The van der Waals surface area contributed by atoms with Gasteiger partial charge in [0, 0.05) is 16.7 Å². The summed E-state index contributed by atoms with van der Waals surface area (Å²) in [7, 11) is 7.68. The van der Waals surface area contributed by atoms with E-state index in [1.54, 1.807) is 34.5 Å². The number of carbonyl (C=O) groups excluding carboxylic acids is 1. The molecule has 0 aliphatic carbocycles. The fraction of sp³-hybridized carbons (Fsp3) is 0.324. The Bertz CT molecular complexity index is 1590. The van der Waals surface area contributed by atoms with Crippen LogP contribution in [0.1, 0.15) is 38.2 Å². The summed E-state index contributed by atoms with van der Waals surface area (Å²) >= 11 is 0. The van der Waals surface area contributed by atoms with Crippen LogP contribution in [0.4, 0.5) is 0 Å². The van der Waals surface area contributed by atoms with E-state index in [1.165, 1.54) is 7.11 Å². The Morgan fingerprint density at radius 2 is 1.00 bits per heavy atom. The van der Waals surface area contributed by atoms with Crippen LogP contribution >= 0.6 is 0 Å². The molecule has 0 spiro atoms. The number of aromatic amines is 1. The molecule has 3 aromatic carbocycles. The largest absolute Gasteiger partial charge is 0.493 e. The summed E-state index contributed by atoms with van der Waals surface area (Å²) in [5.74, 6) is 2.87. The number of ether oxygens (including phenoxy) is 7. The molecule has 0 radical (unpaired) electrons. The van der Waals surface area contributed by atoms with Crippen molar-refractivity contribution in [3.8, 4) is 68.0 Å². The van der Waals surface area contributed by atoms with Crippen molar-refractivity contribution in [2.24, 2.45) is 0 Å². The third kappa shape index (κ3) is 6.51. The van der Waals surface area contributed by atoms with Crippen molar-refractivity contribution in [1.82, 2.24) is 4.98 Å². The molecule has 9 nitrogen and oxygen atoms in total. The predicted molar refractivity (Wildman–Crippen MR) is 166 cm³/mol. The van der Waals surface area contributed by atoms with Gasteiger partial charge in [0.15, 0.2) is 34.5 Å². The lowest BCUT2D eigenvalue weighted by Gasteiger charge is -2.17. The van der Waals surface area contributed by atoms with Crippen LogP contribution in [-0.4, -0.2) is 58.7 Å². The van der Waals surface area contributed by atoms with E-state index in [1.807, 2.05) is 76.2 Å². The molecule has 4 rings (SSSR count). The topological polar surface area (TPSA) is 97.5 Å². The highest BCUT2D eigenvalue weighted by Gasteiger charge is 2.28. The van der Waals surface area contributed by atoms with Gasteiger partial charge in [0.25, 0.3) is 0 Å². The molecular weight excluding hydrogens is 550 g/mol. The highest BCUT2D eigenvalue weighted by Crippen LogP contribution is 2.47. The fourth-order valence-electron chi connectivity index (χ4n) is 4.89. The second-order valence-corrected chi connectivity index (χ2v) is 10.3. The first-order valence-corrected chi connectivity index (χ1v) is 13.9. The molecule has 0 bridgehead atoms. The van der Waals surface area contributed by atoms with Crippen LogP contribution in [0.3, 0.4) is 0 Å². The van der Waals surface area contributed by atoms with Gasteiger partial charge in [-0.3, -0.25) is 0 Å². The van der Waals surface area contributed by atoms with Crippen molar-refractivity contribution in [1.29, 1.82) is 0 Å². The standard InChI is InChI=1S/C34H39NO8/c1-19(2)42-26-15-12-23(18-28(26)40-8)32-30(22-11-14-25(38-6)29(17-22)43-20(3)4)31(33(35-32)34(36)41-9)21-10-13-24(37-5)27(16-21)39-7/h10-20,35H,1-9H3. The highest BCUT2D eigenvalue weighted by molar-refractivity contribution is 6.06. The summed E-state index contributed by atoms with van der Waals surface area (Å²) < 4.78 is 39.7. The molecular formula is C34H39NO8. The van der Waals surface area contributed by atoms with Gasteiger partial charge in [-0.15, -0.1) is 0 Å². The summed E-state index contributed by atoms with van der Waals surface area (Å²) in [6, 6.07) is 16.8. The van der Waals surface area contributed by atoms with Crippen molar-refractivity contribution in [3.63, 3.8) is 0 Å². The normalized spacial score (nSPS) is 11.0. The van der Waals surface area contributed by atoms with E-state index >= 15 is 0 Å². The van der Waals surface area contributed by atoms with E-state index in [9.17, 15) is 4.79 Å². The van der Waals surface area contributed by atoms with Crippen LogP contribution in [0.5, 0.6) is 34.5 Å². The SMILES string of the molecule is COC(=O)c1[nH]c(-c2ccc(OC(C)C)c(OC)c2)c(-c2ccc(OC)c(OC(C)C)c2)c1-c1ccc(OC)c(OC)c1. The van der Waals surface area contributed by atoms with Crippen LogP contribution in [0.25, 0.3) is 33.5 Å². The molecule has 0 amide bonds. The first-order valence-electron chi connectivity index (χ1n) is 13.9. The van der Waals surface area contributed by atoms with Crippen molar-refractivity contribution < 1.29 is 38.0 Å². The second kappa shape index (κ2) is 13.5. The zero-order valence-corrected chi connectivity index (χ0v) is 26.1.